The molecule has 0 bridgehead atoms. The van der Waals surface area contributed by atoms with Gasteiger partial charge in [-0.3, -0.25) is 29.0 Å². The molecule has 0 saturated carbocycles. The third kappa shape index (κ3) is 11.7. The van der Waals surface area contributed by atoms with E-state index in [4.69, 9.17) is 15.7 Å². The summed E-state index contributed by atoms with van der Waals surface area (Å²) in [5, 5.41) is 15.6. The smallest absolute Gasteiger partial charge is 0.322 e. The summed E-state index contributed by atoms with van der Waals surface area (Å²) in [4.78, 5) is 80.3. The Labute approximate surface area is 297 Å². The molecule has 2 heterocycles. The molecule has 4 rings (SSSR count). The van der Waals surface area contributed by atoms with Crippen molar-refractivity contribution in [3.8, 4) is 0 Å². The number of para-hydroxylation sites is 1. The number of carbonyl (C=O) groups excluding carboxylic acids is 4. The Morgan fingerprint density at radius 3 is 2.33 bits per heavy atom. The van der Waals surface area contributed by atoms with Gasteiger partial charge in [0.05, 0.1) is 12.4 Å². The zero-order valence-electron chi connectivity index (χ0n) is 30.6. The van der Waals surface area contributed by atoms with Crippen LogP contribution in [0.3, 0.4) is 0 Å². The molecule has 13 N–H and O–H groups in total. The number of hydrogen-bond acceptors (Lipinski definition) is 8. The number of nitrogens with one attached hydrogen (secondary N) is 6. The number of aromatic nitrogens is 3. The van der Waals surface area contributed by atoms with E-state index >= 15 is 0 Å². The average molecular weight is 705 g/mol. The van der Waals surface area contributed by atoms with Crippen LogP contribution in [0.25, 0.3) is 10.9 Å². The summed E-state index contributed by atoms with van der Waals surface area (Å²) in [7, 11) is 0. The third-order valence-corrected chi connectivity index (χ3v) is 7.78. The molecule has 17 heteroatoms. The monoisotopic (exact) mass is 704 g/mol. The number of amides is 4. The van der Waals surface area contributed by atoms with Crippen molar-refractivity contribution in [3.05, 3.63) is 90.1 Å². The zero-order valence-corrected chi connectivity index (χ0v) is 27.6. The highest BCUT2D eigenvalue weighted by Gasteiger charge is 2.31. The van der Waals surface area contributed by atoms with Gasteiger partial charge in [0, 0.05) is 54.8 Å². The molecule has 2 aromatic heterocycles. The molecule has 0 aliphatic heterocycles. The van der Waals surface area contributed by atoms with Crippen LogP contribution in [-0.4, -0.2) is 92.9 Å². The van der Waals surface area contributed by atoms with Crippen molar-refractivity contribution in [1.29, 1.82) is 0 Å². The molecule has 0 aliphatic rings. The molecule has 0 saturated heterocycles. The number of imidazole rings is 1. The Bertz CT molecular complexity index is 1910. The van der Waals surface area contributed by atoms with Crippen LogP contribution in [0.5, 0.6) is 0 Å². The number of aliphatic imine (C=N–C) groups is 1. The highest BCUT2D eigenvalue weighted by atomic mass is 16.4. The first kappa shape index (κ1) is 33.3. The number of rotatable bonds is 20. The Morgan fingerprint density at radius 1 is 0.882 bits per heavy atom. The van der Waals surface area contributed by atoms with E-state index in [2.05, 4.69) is 36.3 Å². The van der Waals surface area contributed by atoms with E-state index in [0.29, 0.717) is 27.4 Å². The Morgan fingerprint density at radius 2 is 1.63 bits per heavy atom. The molecule has 0 unspecified atom stereocenters. The number of carbonyl (C=O) groups is 5. The first-order chi connectivity index (χ1) is 25.9. The number of nitrogens with two attached hydrogens (primary N) is 3. The van der Waals surface area contributed by atoms with Crippen molar-refractivity contribution in [2.75, 3.05) is 13.1 Å². The van der Waals surface area contributed by atoms with Gasteiger partial charge in [-0.2, -0.15) is 0 Å². The van der Waals surface area contributed by atoms with Gasteiger partial charge in [-0.15, -0.1) is 0 Å². The van der Waals surface area contributed by atoms with Gasteiger partial charge in [0.2, 0.25) is 23.6 Å². The number of benzene rings is 2. The molecule has 4 aromatic rings. The van der Waals surface area contributed by atoms with Gasteiger partial charge in [-0.05, 0) is 30.0 Å². The summed E-state index contributed by atoms with van der Waals surface area (Å²) in [6.45, 7) is -0.708. The summed E-state index contributed by atoms with van der Waals surface area (Å²) < 4.78 is 25.6. The fraction of sp³-hybridized carbons (Fsp3) is 0.324. The number of nitrogens with zero attached hydrogens (tertiary/aromatic N) is 2. The molecular weight excluding hydrogens is 658 g/mol. The Hall–Kier alpha value is -6.23. The lowest BCUT2D eigenvalue weighted by molar-refractivity contribution is -0.138. The lowest BCUT2D eigenvalue weighted by Gasteiger charge is -2.26. The summed E-state index contributed by atoms with van der Waals surface area (Å²) >= 11 is 0. The van der Waals surface area contributed by atoms with Crippen molar-refractivity contribution in [2.45, 2.75) is 56.3 Å². The number of aromatic amines is 2. The van der Waals surface area contributed by atoms with Crippen molar-refractivity contribution in [2.24, 2.45) is 22.2 Å². The van der Waals surface area contributed by atoms with Crippen molar-refractivity contribution >= 4 is 46.5 Å². The van der Waals surface area contributed by atoms with Gasteiger partial charge in [0.15, 0.2) is 8.78 Å². The van der Waals surface area contributed by atoms with E-state index < -0.39 is 60.3 Å². The van der Waals surface area contributed by atoms with Gasteiger partial charge >= 0.3 is 5.97 Å². The van der Waals surface area contributed by atoms with E-state index in [-0.39, 0.29) is 44.6 Å². The normalized spacial score (nSPS) is 14.1. The topological polar surface area (TPSA) is 289 Å². The molecule has 0 aliphatic carbocycles. The minimum absolute atomic E-state index is 0.0208. The molecule has 270 valence electrons. The molecule has 0 spiro atoms. The lowest BCUT2D eigenvalue weighted by atomic mass is 10.0. The summed E-state index contributed by atoms with van der Waals surface area (Å²) in [6.07, 6.45) is 4.03. The van der Waals surface area contributed by atoms with Crippen LogP contribution >= 0.6 is 0 Å². The van der Waals surface area contributed by atoms with Crippen LogP contribution in [0.15, 0.2) is 78.3 Å². The van der Waals surface area contributed by atoms with Gasteiger partial charge in [-0.1, -0.05) is 48.5 Å². The van der Waals surface area contributed by atoms with Crippen molar-refractivity contribution < 1.29 is 33.3 Å². The molecular formula is C34H43N11O6. The summed E-state index contributed by atoms with van der Waals surface area (Å²) in [5.41, 5.74) is 15.5. The molecule has 4 amide bonds. The first-order valence-electron chi connectivity index (χ1n) is 17.5. The molecule has 2 aromatic carbocycles. The van der Waals surface area contributed by atoms with Crippen molar-refractivity contribution in [1.82, 2.24) is 36.2 Å². The average Bonchev–Trinajstić information content (AvgIpc) is 3.84. The number of hydrogen-bond donors (Lipinski definition) is 10. The predicted octanol–water partition coefficient (Wildman–Crippen LogP) is -1.04. The molecule has 51 heavy (non-hydrogen) atoms. The maximum atomic E-state index is 14.3. The number of aliphatic carboxylic acids is 1. The van der Waals surface area contributed by atoms with Gasteiger partial charge in [0.1, 0.15) is 26.1 Å². The fourth-order valence-corrected chi connectivity index (χ4v) is 5.24. The molecule has 4 atom stereocenters. The third-order valence-electron chi connectivity index (χ3n) is 7.78. The van der Waals surface area contributed by atoms with Crippen LogP contribution in [0.4, 0.5) is 0 Å². The van der Waals surface area contributed by atoms with Crippen LogP contribution in [-0.2, 0) is 43.2 Å². The molecule has 0 radical (unpaired) electrons. The molecule has 17 nitrogen and oxygen atoms in total. The zero-order chi connectivity index (χ0) is 39.2. The molecule has 0 fully saturated rings. The largest absolute Gasteiger partial charge is 0.480 e. The quantitative estimate of drug-likeness (QED) is 0.0303. The highest BCUT2D eigenvalue weighted by molar-refractivity contribution is 5.96. The summed E-state index contributed by atoms with van der Waals surface area (Å²) in [5.74, 6) is -5.35. The van der Waals surface area contributed by atoms with Gasteiger partial charge in [-0.25, -0.2) is 4.98 Å². The van der Waals surface area contributed by atoms with Crippen LogP contribution < -0.4 is 38.4 Å². The maximum absolute atomic E-state index is 14.3. The second-order valence-corrected chi connectivity index (χ2v) is 11.7. The number of carboxylic acids is 1. The number of guanidine groups is 1. The van der Waals surface area contributed by atoms with Crippen LogP contribution in [0, 0.1) is 0 Å². The first-order valence-corrected chi connectivity index (χ1v) is 16.1. The van der Waals surface area contributed by atoms with Gasteiger partial charge in [0.25, 0.3) is 0 Å². The van der Waals surface area contributed by atoms with Gasteiger partial charge < -0.3 is 53.5 Å². The number of H-pyrrole nitrogens is 2. The van der Waals surface area contributed by atoms with Crippen molar-refractivity contribution in [3.63, 3.8) is 0 Å². The number of carboxylic acid groups (broad SMARTS) is 1. The van der Waals surface area contributed by atoms with Crippen LogP contribution in [0.1, 0.15) is 29.7 Å². The predicted molar refractivity (Wildman–Crippen MR) is 189 cm³/mol. The maximum Gasteiger partial charge on any atom is 0.322 e. The van der Waals surface area contributed by atoms with E-state index in [1.807, 2.05) is 18.2 Å². The SMILES string of the molecule is [2H]N[C@H](Cc1cnc[nH]1)C(=O)N([2H])[C@@H](Cc1ccccc1)C(=O)N([2H])[C@@H](CCCN=C(N)N)C(=O)N[C@@H](Cc1c[nH]c2ccccc12)C(=O)NCC(=O)O. The van der Waals surface area contributed by atoms with E-state index in [9.17, 15) is 29.1 Å². The van der Waals surface area contributed by atoms with E-state index in [1.54, 1.807) is 42.6 Å². The summed E-state index contributed by atoms with van der Waals surface area (Å²) in [6, 6.07) is 9.84. The standard InChI is InChI=1S/C34H43N11O6/c35-24(15-22-17-38-19-42-22)30(48)44-27(13-20-7-2-1-3-8-20)33(51)43-26(11-6-12-39-34(36)37)32(50)45-28(31(49)41-18-29(46)47)14-21-16-40-25-10-5-4-9-23(21)25/h1-5,7-10,16-17,19,24,26-28,40H,6,11-15,18,35H2,(H,38,42)(H,41,49)(H,43,51)(H,44,48)(H,45,50)(H,46,47)(H4,36,37,39)/t24-,26+,27+,28+/m1/s1/i/hD3. The Balaban J connectivity index is 1.65. The van der Waals surface area contributed by atoms with E-state index in [0.717, 1.165) is 10.9 Å². The minimum Gasteiger partial charge on any atom is -0.480 e. The van der Waals surface area contributed by atoms with E-state index in [1.165, 1.54) is 12.5 Å². The fourth-order valence-electron chi connectivity index (χ4n) is 5.24. The lowest BCUT2D eigenvalue weighted by Crippen LogP contribution is -2.58. The Kier molecular flexibility index (Phi) is 12.1. The van der Waals surface area contributed by atoms with Crippen LogP contribution in [0.2, 0.25) is 4.24 Å². The second-order valence-electron chi connectivity index (χ2n) is 11.7. The second kappa shape index (κ2) is 18.5. The number of fused-ring (bicyclic) bond motifs is 1. The minimum atomic E-state index is -1.64. The highest BCUT2D eigenvalue weighted by Crippen LogP contribution is 2.19.